The minimum absolute atomic E-state index is 0.0110. The van der Waals surface area contributed by atoms with E-state index in [1.165, 1.54) is 30.5 Å². The van der Waals surface area contributed by atoms with E-state index in [4.69, 9.17) is 10.2 Å². The van der Waals surface area contributed by atoms with Crippen molar-refractivity contribution in [2.45, 2.75) is 44.7 Å². The van der Waals surface area contributed by atoms with Crippen LogP contribution < -0.4 is 5.73 Å². The van der Waals surface area contributed by atoms with E-state index in [9.17, 15) is 22.4 Å². The van der Waals surface area contributed by atoms with E-state index in [2.05, 4.69) is 19.6 Å². The molecule has 1 unspecified atom stereocenters. The van der Waals surface area contributed by atoms with E-state index < -0.39 is 29.3 Å². The highest BCUT2D eigenvalue weighted by Gasteiger charge is 2.38. The number of aromatic nitrogens is 3. The van der Waals surface area contributed by atoms with E-state index in [0.29, 0.717) is 17.1 Å². The van der Waals surface area contributed by atoms with Crippen LogP contribution in [0.5, 0.6) is 0 Å². The fourth-order valence-corrected chi connectivity index (χ4v) is 3.15. The van der Waals surface area contributed by atoms with Crippen LogP contribution in [-0.4, -0.2) is 21.0 Å². The molecule has 0 spiro atoms. The maximum atomic E-state index is 13.1. The van der Waals surface area contributed by atoms with Gasteiger partial charge < -0.3 is 14.7 Å². The van der Waals surface area contributed by atoms with Crippen molar-refractivity contribution in [1.29, 1.82) is 0 Å². The average molecular weight is 440 g/mol. The maximum absolute atomic E-state index is 13.1. The Labute approximate surface area is 174 Å². The van der Waals surface area contributed by atoms with Gasteiger partial charge in [0, 0.05) is 23.3 Å². The topological polar surface area (TPSA) is 108 Å². The monoisotopic (exact) mass is 440 g/mol. The summed E-state index contributed by atoms with van der Waals surface area (Å²) in [6.45, 7) is 3.68. The summed E-state index contributed by atoms with van der Waals surface area (Å²) < 4.78 is 60.5. The minimum atomic E-state index is -4.73. The summed E-state index contributed by atoms with van der Waals surface area (Å²) in [6, 6.07) is 5.64. The Kier molecular flexibility index (Phi) is 6.14. The number of halogens is 4. The third-order valence-electron chi connectivity index (χ3n) is 4.87. The summed E-state index contributed by atoms with van der Waals surface area (Å²) in [5.41, 5.74) is 6.01. The number of benzene rings is 1. The number of carbonyl (C=O) groups is 1. The summed E-state index contributed by atoms with van der Waals surface area (Å²) >= 11 is 0. The predicted octanol–water partition coefficient (Wildman–Crippen LogP) is 4.28. The van der Waals surface area contributed by atoms with E-state index in [1.54, 1.807) is 0 Å². The lowest BCUT2D eigenvalue weighted by molar-refractivity contribution is -0.159. The first-order chi connectivity index (χ1) is 14.5. The number of rotatable bonds is 8. The van der Waals surface area contributed by atoms with Crippen molar-refractivity contribution in [3.63, 3.8) is 0 Å². The number of alkyl halides is 3. The molecule has 0 fully saturated rings. The van der Waals surface area contributed by atoms with Crippen LogP contribution in [0.2, 0.25) is 0 Å². The quantitative estimate of drug-likeness (QED) is 0.524. The number of primary amides is 1. The van der Waals surface area contributed by atoms with Crippen molar-refractivity contribution in [3.05, 3.63) is 53.8 Å². The van der Waals surface area contributed by atoms with Crippen LogP contribution in [0.4, 0.5) is 17.6 Å². The van der Waals surface area contributed by atoms with Gasteiger partial charge in [-0.3, -0.25) is 4.79 Å². The lowest BCUT2D eigenvalue weighted by Crippen LogP contribution is -2.31. The van der Waals surface area contributed by atoms with Crippen LogP contribution in [0.15, 0.2) is 39.5 Å². The van der Waals surface area contributed by atoms with Crippen LogP contribution in [0.25, 0.3) is 11.5 Å². The maximum Gasteiger partial charge on any atom is 0.471 e. The van der Waals surface area contributed by atoms with Crippen LogP contribution >= 0.6 is 0 Å². The molecule has 0 saturated carbocycles. The third-order valence-corrected chi connectivity index (χ3v) is 4.87. The molecular weight excluding hydrogens is 420 g/mol. The molecule has 0 aliphatic heterocycles. The number of amides is 1. The number of hydrogen-bond acceptors (Lipinski definition) is 6. The smallest absolute Gasteiger partial charge is 0.444 e. The molecule has 2 heterocycles. The molecule has 2 N–H and O–H groups in total. The summed E-state index contributed by atoms with van der Waals surface area (Å²) in [7, 11) is 0. The van der Waals surface area contributed by atoms with Gasteiger partial charge in [-0.05, 0) is 37.1 Å². The first kappa shape index (κ1) is 22.4. The van der Waals surface area contributed by atoms with Crippen molar-refractivity contribution in [3.8, 4) is 11.5 Å². The second-order valence-corrected chi connectivity index (χ2v) is 7.78. The van der Waals surface area contributed by atoms with Crippen molar-refractivity contribution in [2.75, 3.05) is 0 Å². The largest absolute Gasteiger partial charge is 0.471 e. The minimum Gasteiger partial charge on any atom is -0.444 e. The number of nitrogens with two attached hydrogens (primary N) is 1. The van der Waals surface area contributed by atoms with Gasteiger partial charge in [0.1, 0.15) is 12.1 Å². The fraction of sp³-hybridized carbons (Fsp3) is 0.400. The van der Waals surface area contributed by atoms with Crippen molar-refractivity contribution in [1.82, 2.24) is 15.1 Å². The van der Waals surface area contributed by atoms with Gasteiger partial charge in [0.15, 0.2) is 5.82 Å². The van der Waals surface area contributed by atoms with E-state index >= 15 is 0 Å². The zero-order chi connectivity index (χ0) is 22.8. The fourth-order valence-electron chi connectivity index (χ4n) is 3.15. The molecule has 11 heteroatoms. The zero-order valence-electron chi connectivity index (χ0n) is 16.7. The highest BCUT2D eigenvalue weighted by atomic mass is 19.4. The number of hydrogen-bond donors (Lipinski definition) is 1. The van der Waals surface area contributed by atoms with Gasteiger partial charge in [0.2, 0.25) is 11.8 Å². The molecule has 31 heavy (non-hydrogen) atoms. The van der Waals surface area contributed by atoms with Gasteiger partial charge in [-0.15, -0.1) is 0 Å². The van der Waals surface area contributed by atoms with Crippen molar-refractivity contribution >= 4 is 5.91 Å². The molecule has 166 valence electrons. The predicted molar refractivity (Wildman–Crippen MR) is 99.8 cm³/mol. The molecule has 0 aliphatic carbocycles. The second-order valence-electron chi connectivity index (χ2n) is 7.78. The molecule has 7 nitrogen and oxygen atoms in total. The first-order valence-electron chi connectivity index (χ1n) is 9.37. The Morgan fingerprint density at radius 2 is 1.84 bits per heavy atom. The Bertz CT molecular complexity index is 1040. The number of carbonyl (C=O) groups excluding carboxylic acids is 1. The van der Waals surface area contributed by atoms with E-state index in [-0.39, 0.29) is 30.9 Å². The molecule has 1 atom stereocenters. The Hall–Kier alpha value is -3.24. The Balaban J connectivity index is 1.69. The molecule has 0 aliphatic rings. The molecule has 0 radical (unpaired) electrons. The van der Waals surface area contributed by atoms with Gasteiger partial charge >= 0.3 is 12.1 Å². The van der Waals surface area contributed by atoms with Gasteiger partial charge in [0.25, 0.3) is 0 Å². The normalized spacial score (nSPS) is 13.4. The zero-order valence-corrected chi connectivity index (χ0v) is 16.7. The number of oxazole rings is 1. The molecule has 0 bridgehead atoms. The molecule has 1 amide bonds. The molecule has 3 aromatic rings. The summed E-state index contributed by atoms with van der Waals surface area (Å²) in [6.07, 6.45) is -2.89. The second kappa shape index (κ2) is 8.48. The number of aryl methyl sites for hydroxylation is 1. The van der Waals surface area contributed by atoms with Gasteiger partial charge in [-0.1, -0.05) is 19.0 Å². The first-order valence-corrected chi connectivity index (χ1v) is 9.37. The lowest BCUT2D eigenvalue weighted by atomic mass is 9.78. The third kappa shape index (κ3) is 5.47. The SMILES string of the molecule is CC(C)(CC(CCc1noc(C(F)(F)F)n1)C(N)=O)c1coc(-c2ccc(F)cc2)n1. The van der Waals surface area contributed by atoms with E-state index in [0.717, 1.165) is 0 Å². The molecule has 3 rings (SSSR count). The van der Waals surface area contributed by atoms with Crippen molar-refractivity contribution < 1.29 is 31.3 Å². The lowest BCUT2D eigenvalue weighted by Gasteiger charge is -2.26. The summed E-state index contributed by atoms with van der Waals surface area (Å²) in [4.78, 5) is 19.7. The van der Waals surface area contributed by atoms with Crippen LogP contribution in [0.3, 0.4) is 0 Å². The molecular formula is C20H20F4N4O3. The van der Waals surface area contributed by atoms with Gasteiger partial charge in [0.05, 0.1) is 5.69 Å². The van der Waals surface area contributed by atoms with E-state index in [1.807, 2.05) is 13.8 Å². The Morgan fingerprint density at radius 1 is 1.16 bits per heavy atom. The standard InChI is InChI=1S/C20H20F4N4O3/c1-19(2,14-10-30-17(26-14)11-3-6-13(21)7-4-11)9-12(16(25)29)5-8-15-27-18(31-28-15)20(22,23)24/h3-4,6-7,10,12H,5,8-9H2,1-2H3,(H2,25,29). The highest BCUT2D eigenvalue weighted by molar-refractivity contribution is 5.76. The van der Waals surface area contributed by atoms with Gasteiger partial charge in [-0.25, -0.2) is 9.37 Å². The van der Waals surface area contributed by atoms with Crippen molar-refractivity contribution in [2.24, 2.45) is 11.7 Å². The number of nitrogens with zero attached hydrogens (tertiary/aromatic N) is 3. The summed E-state index contributed by atoms with van der Waals surface area (Å²) in [5, 5.41) is 3.30. The molecule has 1 aromatic carbocycles. The summed E-state index contributed by atoms with van der Waals surface area (Å²) in [5.74, 6) is -2.95. The Morgan fingerprint density at radius 3 is 2.42 bits per heavy atom. The van der Waals surface area contributed by atoms with Crippen LogP contribution in [0.1, 0.15) is 44.1 Å². The van der Waals surface area contributed by atoms with Crippen LogP contribution in [0, 0.1) is 11.7 Å². The molecule has 0 saturated heterocycles. The highest BCUT2D eigenvalue weighted by Crippen LogP contribution is 2.34. The van der Waals surface area contributed by atoms with Gasteiger partial charge in [-0.2, -0.15) is 18.2 Å². The average Bonchev–Trinajstić information content (AvgIpc) is 3.35. The van der Waals surface area contributed by atoms with Crippen LogP contribution in [-0.2, 0) is 22.8 Å². The molecule has 2 aromatic heterocycles.